The lowest BCUT2D eigenvalue weighted by Crippen LogP contribution is -2.12. The number of aliphatic imine (C=N–C) groups is 1. The highest BCUT2D eigenvalue weighted by molar-refractivity contribution is 6.10. The molecule has 0 fully saturated rings. The zero-order chi connectivity index (χ0) is 40.9. The van der Waals surface area contributed by atoms with E-state index < -0.39 is 0 Å². The van der Waals surface area contributed by atoms with Gasteiger partial charge in [-0.1, -0.05) is 131 Å². The average Bonchev–Trinajstić information content (AvgIpc) is 3.86. The zero-order valence-corrected chi connectivity index (χ0v) is 34.3. The Hall–Kier alpha value is -7.10. The molecule has 0 spiro atoms. The van der Waals surface area contributed by atoms with E-state index in [0.717, 1.165) is 72.4 Å². The first-order chi connectivity index (χ1) is 28.4. The van der Waals surface area contributed by atoms with Crippen molar-refractivity contribution in [1.29, 1.82) is 5.26 Å². The molecule has 1 aliphatic heterocycles. The van der Waals surface area contributed by atoms with Crippen LogP contribution in [-0.4, -0.2) is 26.7 Å². The van der Waals surface area contributed by atoms with E-state index in [-0.39, 0.29) is 16.9 Å². The highest BCUT2D eigenvalue weighted by Crippen LogP contribution is 2.41. The number of nitrogens with zero attached hydrogens (tertiary/aromatic N) is 5. The molecule has 59 heavy (non-hydrogen) atoms. The average molecular weight is 769 g/mol. The second-order valence-electron chi connectivity index (χ2n) is 17.4. The van der Waals surface area contributed by atoms with E-state index in [0.29, 0.717) is 11.3 Å². The molecular weight excluding hydrogens is 723 g/mol. The number of rotatable bonds is 7. The summed E-state index contributed by atoms with van der Waals surface area (Å²) < 4.78 is 11.2. The summed E-state index contributed by atoms with van der Waals surface area (Å²) in [5.41, 5.74) is 11.4. The van der Waals surface area contributed by atoms with E-state index >= 15 is 0 Å². The van der Waals surface area contributed by atoms with Crippen molar-refractivity contribution in [3.05, 3.63) is 174 Å². The van der Waals surface area contributed by atoms with Gasteiger partial charge in [0.25, 0.3) is 6.34 Å². The van der Waals surface area contributed by atoms with Crippen LogP contribution in [0.5, 0.6) is 11.5 Å². The predicted molar refractivity (Wildman–Crippen MR) is 242 cm³/mol. The summed E-state index contributed by atoms with van der Waals surface area (Å²) in [7, 11) is 0. The van der Waals surface area contributed by atoms with Crippen LogP contribution in [0.15, 0.2) is 157 Å². The number of para-hydroxylation sites is 1. The van der Waals surface area contributed by atoms with Gasteiger partial charge in [0, 0.05) is 39.7 Å². The van der Waals surface area contributed by atoms with Crippen molar-refractivity contribution >= 4 is 40.0 Å². The van der Waals surface area contributed by atoms with Crippen molar-refractivity contribution in [1.82, 2.24) is 9.55 Å². The third-order valence-corrected chi connectivity index (χ3v) is 11.2. The molecule has 3 heterocycles. The number of benzene rings is 6. The second kappa shape index (κ2) is 14.7. The van der Waals surface area contributed by atoms with Crippen LogP contribution in [-0.2, 0) is 10.8 Å². The molecule has 9 rings (SSSR count). The van der Waals surface area contributed by atoms with Gasteiger partial charge in [0.15, 0.2) is 0 Å². The molecule has 1 aliphatic rings. The van der Waals surface area contributed by atoms with Gasteiger partial charge < -0.3 is 4.74 Å². The highest BCUT2D eigenvalue weighted by atomic mass is 16.5. The van der Waals surface area contributed by atoms with Crippen molar-refractivity contribution in [2.24, 2.45) is 4.99 Å². The lowest BCUT2D eigenvalue weighted by Gasteiger charge is -2.21. The number of hydrogen-bond donors (Lipinski definition) is 0. The molecule has 1 unspecified atom stereocenters. The molecule has 8 aromatic rings. The van der Waals surface area contributed by atoms with Gasteiger partial charge in [0.05, 0.1) is 22.7 Å². The summed E-state index contributed by atoms with van der Waals surface area (Å²) in [6.07, 6.45) is 6.04. The maximum atomic E-state index is 9.80. The van der Waals surface area contributed by atoms with E-state index in [9.17, 15) is 5.26 Å². The van der Waals surface area contributed by atoms with Gasteiger partial charge >= 0.3 is 0 Å². The molecule has 1 atom stereocenters. The summed E-state index contributed by atoms with van der Waals surface area (Å²) in [5.74, 6) is 2.27. The summed E-state index contributed by atoms with van der Waals surface area (Å²) in [6, 6.07) is 52.5. The minimum Gasteiger partial charge on any atom is -0.457 e. The highest BCUT2D eigenvalue weighted by Gasteiger charge is 2.29. The smallest absolute Gasteiger partial charge is 0.286 e. The Morgan fingerprint density at radius 1 is 0.627 bits per heavy atom. The maximum Gasteiger partial charge on any atom is 0.286 e. The zero-order valence-electron chi connectivity index (χ0n) is 34.3. The molecule has 6 aromatic carbocycles. The molecule has 0 saturated carbocycles. The van der Waals surface area contributed by atoms with Crippen molar-refractivity contribution in [2.75, 3.05) is 0 Å². The molecule has 288 valence electrons. The summed E-state index contributed by atoms with van der Waals surface area (Å²) in [6.45, 7) is 13.3. The molecule has 0 saturated heterocycles. The van der Waals surface area contributed by atoms with Crippen LogP contribution in [0.4, 0.5) is 5.69 Å². The molecule has 0 amide bonds. The molecule has 2 aromatic heterocycles. The van der Waals surface area contributed by atoms with E-state index in [1.807, 2.05) is 36.8 Å². The van der Waals surface area contributed by atoms with Gasteiger partial charge in [-0.05, 0) is 87.7 Å². The fraction of sp³-hybridized carbons (Fsp3) is 0.170. The number of ether oxygens (including phenoxy) is 1. The van der Waals surface area contributed by atoms with Crippen LogP contribution in [0.25, 0.3) is 49.9 Å². The Labute approximate surface area is 346 Å². The van der Waals surface area contributed by atoms with Crippen LogP contribution in [0.1, 0.15) is 69.8 Å². The third kappa shape index (κ3) is 7.21. The Morgan fingerprint density at radius 2 is 1.32 bits per heavy atom. The van der Waals surface area contributed by atoms with Gasteiger partial charge in [-0.2, -0.15) is 5.26 Å². The van der Waals surface area contributed by atoms with E-state index in [1.165, 1.54) is 5.56 Å². The van der Waals surface area contributed by atoms with E-state index in [2.05, 4.69) is 184 Å². The van der Waals surface area contributed by atoms with Gasteiger partial charge in [-0.3, -0.25) is 4.57 Å². The molecule has 6 heteroatoms. The lowest BCUT2D eigenvalue weighted by molar-refractivity contribution is -0.283. The van der Waals surface area contributed by atoms with Crippen LogP contribution in [0.2, 0.25) is 0 Å². The van der Waals surface area contributed by atoms with E-state index in [1.54, 1.807) is 0 Å². The SMILES string of the molecule is CC(C)(C)c1cc(Oc2ccc3c4cc(C#N)ccc4n(-c4cc(C(C)(C)C)ccn4)c3c2)cc(C2C=[N+](c3c(-c4ccccc4)cccc3-c3ccccc3)C=N2)c1. The predicted octanol–water partition coefficient (Wildman–Crippen LogP) is 13.3. The van der Waals surface area contributed by atoms with Crippen LogP contribution >= 0.6 is 0 Å². The summed E-state index contributed by atoms with van der Waals surface area (Å²) in [4.78, 5) is 9.97. The normalized spacial score (nSPS) is 14.1. The van der Waals surface area contributed by atoms with Crippen LogP contribution in [0, 0.1) is 11.3 Å². The number of fused-ring (bicyclic) bond motifs is 3. The standard InChI is InChI=1S/C53H46N5O/c1-52(2,3)39-24-25-55-50(30-39)58-48-23-20-35(32-54)26-46(48)45-22-21-41(31-49(45)58)59-42-28-38(27-40(29-42)53(4,5)6)47-33-57(34-56-47)51-43(36-14-9-7-10-15-36)18-13-19-44(51)37-16-11-8-12-17-37/h7-31,33-34,47H,1-6H3/q+1. The van der Waals surface area contributed by atoms with Crippen LogP contribution < -0.4 is 4.74 Å². The third-order valence-electron chi connectivity index (χ3n) is 11.2. The number of aromatic nitrogens is 2. The number of pyridine rings is 1. The molecule has 0 radical (unpaired) electrons. The lowest BCUT2D eigenvalue weighted by atomic mass is 9.85. The Bertz CT molecular complexity index is 2930. The summed E-state index contributed by atoms with van der Waals surface area (Å²) in [5, 5.41) is 11.8. The quantitative estimate of drug-likeness (QED) is 0.152. The molecule has 0 aliphatic carbocycles. The fourth-order valence-electron chi connectivity index (χ4n) is 8.01. The maximum absolute atomic E-state index is 9.80. The number of nitriles is 1. The minimum atomic E-state index is -0.229. The molecular formula is C53H46N5O+. The van der Waals surface area contributed by atoms with E-state index in [4.69, 9.17) is 14.7 Å². The number of hydrogen-bond acceptors (Lipinski definition) is 4. The summed E-state index contributed by atoms with van der Waals surface area (Å²) >= 11 is 0. The van der Waals surface area contributed by atoms with Crippen molar-refractivity contribution < 1.29 is 9.31 Å². The Balaban J connectivity index is 1.14. The van der Waals surface area contributed by atoms with Crippen molar-refractivity contribution in [3.8, 4) is 45.6 Å². The van der Waals surface area contributed by atoms with Gasteiger partial charge in [-0.15, -0.1) is 0 Å². The minimum absolute atomic E-state index is 0.0538. The van der Waals surface area contributed by atoms with Gasteiger partial charge in [0.2, 0.25) is 6.04 Å². The molecule has 6 nitrogen and oxygen atoms in total. The van der Waals surface area contributed by atoms with Crippen LogP contribution in [0.3, 0.4) is 0 Å². The second-order valence-corrected chi connectivity index (χ2v) is 17.4. The van der Waals surface area contributed by atoms with Crippen molar-refractivity contribution in [2.45, 2.75) is 58.4 Å². The van der Waals surface area contributed by atoms with Crippen molar-refractivity contribution in [3.63, 3.8) is 0 Å². The Morgan fingerprint density at radius 3 is 1.98 bits per heavy atom. The first-order valence-corrected chi connectivity index (χ1v) is 20.1. The first kappa shape index (κ1) is 37.5. The largest absolute Gasteiger partial charge is 0.457 e. The monoisotopic (exact) mass is 768 g/mol. The molecule has 0 bridgehead atoms. The molecule has 0 N–H and O–H groups in total. The van der Waals surface area contributed by atoms with Gasteiger partial charge in [0.1, 0.15) is 29.2 Å². The first-order valence-electron chi connectivity index (χ1n) is 20.1. The topological polar surface area (TPSA) is 66.2 Å². The van der Waals surface area contributed by atoms with Gasteiger partial charge in [-0.25, -0.2) is 9.56 Å². The fourth-order valence-corrected chi connectivity index (χ4v) is 8.01. The Kier molecular flexibility index (Phi) is 9.33.